The molecule has 0 aromatic heterocycles. The number of hydrogen-bond acceptors (Lipinski definition) is 5. The molecular weight excluding hydrogens is 372 g/mol. The summed E-state index contributed by atoms with van der Waals surface area (Å²) in [4.78, 5) is 35.0. The number of esters is 1. The second-order valence-electron chi connectivity index (χ2n) is 9.40. The number of nitro benzene ring substituents is 1. The van der Waals surface area contributed by atoms with Crippen molar-refractivity contribution in [2.75, 3.05) is 6.61 Å². The van der Waals surface area contributed by atoms with Gasteiger partial charge in [-0.1, -0.05) is 0 Å². The maximum Gasteiger partial charge on any atom is 0.338 e. The first-order valence-corrected chi connectivity index (χ1v) is 10.5. The van der Waals surface area contributed by atoms with Crippen LogP contribution in [-0.4, -0.2) is 29.4 Å². The predicted molar refractivity (Wildman–Crippen MR) is 106 cm³/mol. The Morgan fingerprint density at radius 1 is 1.21 bits per heavy atom. The molecule has 7 heteroatoms. The molecule has 7 nitrogen and oxygen atoms in total. The van der Waals surface area contributed by atoms with Crippen molar-refractivity contribution in [3.05, 3.63) is 39.4 Å². The highest BCUT2D eigenvalue weighted by molar-refractivity contribution is 5.91. The fourth-order valence-corrected chi connectivity index (χ4v) is 6.35. The Bertz CT molecular complexity index is 814. The van der Waals surface area contributed by atoms with Crippen molar-refractivity contribution in [2.45, 2.75) is 58.4 Å². The maximum absolute atomic E-state index is 12.4. The van der Waals surface area contributed by atoms with Gasteiger partial charge in [0, 0.05) is 17.7 Å². The van der Waals surface area contributed by atoms with E-state index >= 15 is 0 Å². The van der Waals surface area contributed by atoms with Crippen LogP contribution >= 0.6 is 0 Å². The number of aryl methyl sites for hydroxylation is 1. The highest BCUT2D eigenvalue weighted by Gasteiger charge is 2.53. The Morgan fingerprint density at radius 2 is 1.79 bits per heavy atom. The van der Waals surface area contributed by atoms with E-state index in [2.05, 4.69) is 12.2 Å². The summed E-state index contributed by atoms with van der Waals surface area (Å²) < 4.78 is 5.14. The second-order valence-corrected chi connectivity index (χ2v) is 9.40. The third kappa shape index (κ3) is 3.87. The van der Waals surface area contributed by atoms with Gasteiger partial charge in [0.15, 0.2) is 6.61 Å². The zero-order valence-corrected chi connectivity index (χ0v) is 17.0. The molecule has 5 rings (SSSR count). The van der Waals surface area contributed by atoms with Gasteiger partial charge in [0.05, 0.1) is 10.5 Å². The second kappa shape index (κ2) is 7.43. The predicted octanol–water partition coefficient (Wildman–Crippen LogP) is 3.78. The first kappa shape index (κ1) is 19.9. The van der Waals surface area contributed by atoms with Gasteiger partial charge in [-0.05, 0) is 87.7 Å². The molecule has 156 valence electrons. The monoisotopic (exact) mass is 400 g/mol. The molecule has 1 aromatic carbocycles. The zero-order valence-electron chi connectivity index (χ0n) is 17.0. The summed E-state index contributed by atoms with van der Waals surface area (Å²) in [6.07, 6.45) is 7.65. The summed E-state index contributed by atoms with van der Waals surface area (Å²) in [6.45, 7) is 3.31. The molecule has 4 bridgehead atoms. The van der Waals surface area contributed by atoms with Crippen LogP contribution in [-0.2, 0) is 9.53 Å². The fraction of sp³-hybridized carbons (Fsp3) is 0.636. The molecule has 1 N–H and O–H groups in total. The van der Waals surface area contributed by atoms with Crippen LogP contribution < -0.4 is 5.32 Å². The van der Waals surface area contributed by atoms with Crippen LogP contribution in [0, 0.1) is 40.2 Å². The van der Waals surface area contributed by atoms with Gasteiger partial charge >= 0.3 is 5.97 Å². The summed E-state index contributed by atoms with van der Waals surface area (Å²) in [6, 6.07) is 4.12. The van der Waals surface area contributed by atoms with E-state index in [0.29, 0.717) is 5.56 Å². The highest BCUT2D eigenvalue weighted by atomic mass is 16.6. The van der Waals surface area contributed by atoms with E-state index in [9.17, 15) is 19.7 Å². The van der Waals surface area contributed by atoms with Crippen LogP contribution in [0.1, 0.15) is 61.4 Å². The van der Waals surface area contributed by atoms with Crippen molar-refractivity contribution in [1.29, 1.82) is 0 Å². The van der Waals surface area contributed by atoms with E-state index in [1.165, 1.54) is 56.7 Å². The van der Waals surface area contributed by atoms with Gasteiger partial charge in [-0.2, -0.15) is 0 Å². The van der Waals surface area contributed by atoms with Gasteiger partial charge in [-0.15, -0.1) is 0 Å². The van der Waals surface area contributed by atoms with E-state index in [1.807, 2.05) is 0 Å². The molecule has 29 heavy (non-hydrogen) atoms. The van der Waals surface area contributed by atoms with Crippen LogP contribution in [0.15, 0.2) is 18.2 Å². The average molecular weight is 400 g/mol. The van der Waals surface area contributed by atoms with Crippen molar-refractivity contribution >= 4 is 17.6 Å². The number of hydrogen-bond donors (Lipinski definition) is 1. The number of nitrogens with zero attached hydrogens (tertiary/aromatic N) is 1. The summed E-state index contributed by atoms with van der Waals surface area (Å²) in [5, 5.41) is 14.0. The van der Waals surface area contributed by atoms with Gasteiger partial charge in [-0.25, -0.2) is 4.79 Å². The van der Waals surface area contributed by atoms with E-state index in [0.717, 1.165) is 17.8 Å². The van der Waals surface area contributed by atoms with Crippen molar-refractivity contribution in [2.24, 2.45) is 23.2 Å². The standard InChI is InChI=1S/C22H28N2O5/c1-13-5-18(3-4-19(13)24(27)28)21(26)29-12-20(25)23-14(2)22-9-15-6-16(10-22)8-17(7-15)11-22/h3-5,14-17H,6-12H2,1-2H3,(H,23,25)/t14-,15?,16?,17?,22?/m1/s1. The van der Waals surface area contributed by atoms with E-state index < -0.39 is 10.9 Å². The Balaban J connectivity index is 1.31. The maximum atomic E-state index is 12.4. The smallest absolute Gasteiger partial charge is 0.338 e. The lowest BCUT2D eigenvalue weighted by Crippen LogP contribution is -2.56. The number of rotatable bonds is 6. The van der Waals surface area contributed by atoms with Crippen LogP contribution in [0.2, 0.25) is 0 Å². The van der Waals surface area contributed by atoms with Crippen molar-refractivity contribution in [3.8, 4) is 0 Å². The van der Waals surface area contributed by atoms with Gasteiger partial charge in [0.2, 0.25) is 0 Å². The minimum atomic E-state index is -0.652. The number of nitro groups is 1. The fourth-order valence-electron chi connectivity index (χ4n) is 6.35. The SMILES string of the molecule is Cc1cc(C(=O)OCC(=O)N[C@H](C)C23CC4CC(CC(C4)C2)C3)ccc1[N+](=O)[O-]. The lowest BCUT2D eigenvalue weighted by molar-refractivity contribution is -0.385. The number of carbonyl (C=O) groups is 2. The van der Waals surface area contributed by atoms with Crippen molar-refractivity contribution < 1.29 is 19.2 Å². The normalized spacial score (nSPS) is 30.6. The molecule has 4 aliphatic rings. The summed E-state index contributed by atoms with van der Waals surface area (Å²) in [7, 11) is 0. The number of benzene rings is 1. The minimum Gasteiger partial charge on any atom is -0.452 e. The van der Waals surface area contributed by atoms with E-state index in [4.69, 9.17) is 4.74 Å². The molecule has 4 aliphatic carbocycles. The largest absolute Gasteiger partial charge is 0.452 e. The van der Waals surface area contributed by atoms with Gasteiger partial charge in [-0.3, -0.25) is 14.9 Å². The third-order valence-electron chi connectivity index (χ3n) is 7.35. The van der Waals surface area contributed by atoms with Gasteiger partial charge in [0.1, 0.15) is 0 Å². The molecule has 1 amide bonds. The zero-order chi connectivity index (χ0) is 20.8. The molecule has 0 aliphatic heterocycles. The first-order chi connectivity index (χ1) is 13.8. The molecule has 0 heterocycles. The Labute approximate surface area is 170 Å². The Morgan fingerprint density at radius 3 is 2.31 bits per heavy atom. The van der Waals surface area contributed by atoms with Crippen LogP contribution in [0.4, 0.5) is 5.69 Å². The van der Waals surface area contributed by atoms with Crippen LogP contribution in [0.5, 0.6) is 0 Å². The molecule has 0 unspecified atom stereocenters. The van der Waals surface area contributed by atoms with Crippen LogP contribution in [0.3, 0.4) is 0 Å². The summed E-state index contributed by atoms with van der Waals surface area (Å²) >= 11 is 0. The topological polar surface area (TPSA) is 98.5 Å². The first-order valence-electron chi connectivity index (χ1n) is 10.5. The van der Waals surface area contributed by atoms with Gasteiger partial charge < -0.3 is 10.1 Å². The number of carbonyl (C=O) groups excluding carboxylic acids is 2. The quantitative estimate of drug-likeness (QED) is 0.445. The molecule has 0 spiro atoms. The minimum absolute atomic E-state index is 0.0521. The average Bonchev–Trinajstić information content (AvgIpc) is 2.64. The third-order valence-corrected chi connectivity index (χ3v) is 7.35. The van der Waals surface area contributed by atoms with Gasteiger partial charge in [0.25, 0.3) is 11.6 Å². The Hall–Kier alpha value is -2.44. The molecule has 4 saturated carbocycles. The molecule has 1 aromatic rings. The number of ether oxygens (including phenoxy) is 1. The van der Waals surface area contributed by atoms with Crippen molar-refractivity contribution in [3.63, 3.8) is 0 Å². The summed E-state index contributed by atoms with van der Waals surface area (Å²) in [5.41, 5.74) is 0.729. The van der Waals surface area contributed by atoms with Crippen molar-refractivity contribution in [1.82, 2.24) is 5.32 Å². The van der Waals surface area contributed by atoms with E-state index in [1.54, 1.807) is 6.92 Å². The molecule has 0 radical (unpaired) electrons. The molecule has 0 saturated heterocycles. The lowest BCUT2D eigenvalue weighted by Gasteiger charge is -2.59. The molecule has 1 atom stereocenters. The summed E-state index contributed by atoms with van der Waals surface area (Å²) in [5.74, 6) is 1.48. The Kier molecular flexibility index (Phi) is 5.09. The molecule has 4 fully saturated rings. The molecular formula is C22H28N2O5. The van der Waals surface area contributed by atoms with E-state index in [-0.39, 0.29) is 35.2 Å². The van der Waals surface area contributed by atoms with Crippen LogP contribution in [0.25, 0.3) is 0 Å². The number of nitrogens with one attached hydrogen (secondary N) is 1. The number of amides is 1. The lowest BCUT2D eigenvalue weighted by atomic mass is 9.48. The highest BCUT2D eigenvalue weighted by Crippen LogP contribution is 2.61.